The maximum atomic E-state index is 10.2. The van der Waals surface area contributed by atoms with Crippen molar-refractivity contribution in [1.82, 2.24) is 0 Å². The molecule has 1 N–H and O–H groups in total. The van der Waals surface area contributed by atoms with Crippen LogP contribution in [0.1, 0.15) is 32.6 Å². The number of rotatable bonds is 0. The van der Waals surface area contributed by atoms with E-state index in [4.69, 9.17) is 0 Å². The molecule has 2 fully saturated rings. The van der Waals surface area contributed by atoms with Crippen molar-refractivity contribution in [1.29, 1.82) is 0 Å². The molecule has 1 nitrogen and oxygen atoms in total. The maximum Gasteiger partial charge on any atom is 0.0610 e. The van der Waals surface area contributed by atoms with Gasteiger partial charge in [0.05, 0.1) is 6.10 Å². The Hall–Kier alpha value is -0.300. The minimum atomic E-state index is -0.00694. The van der Waals surface area contributed by atoms with Gasteiger partial charge in [-0.25, -0.2) is 0 Å². The molecule has 0 heterocycles. The van der Waals surface area contributed by atoms with Crippen LogP contribution in [0.4, 0.5) is 0 Å². The maximum absolute atomic E-state index is 10.2. The van der Waals surface area contributed by atoms with Crippen LogP contribution < -0.4 is 0 Å². The van der Waals surface area contributed by atoms with Crippen LogP contribution in [0.3, 0.4) is 0 Å². The zero-order valence-electron chi connectivity index (χ0n) is 8.24. The summed E-state index contributed by atoms with van der Waals surface area (Å²) in [6.07, 6.45) is 9.89. The van der Waals surface area contributed by atoms with Crippen molar-refractivity contribution in [3.63, 3.8) is 0 Å². The number of aliphatic hydroxyl groups is 1. The van der Waals surface area contributed by atoms with Crippen molar-refractivity contribution in [2.75, 3.05) is 0 Å². The largest absolute Gasteiger partial charge is 0.392 e. The first kappa shape index (κ1) is 8.05. The van der Waals surface area contributed by atoms with E-state index in [1.807, 2.05) is 0 Å². The van der Waals surface area contributed by atoms with E-state index in [-0.39, 0.29) is 6.10 Å². The van der Waals surface area contributed by atoms with Crippen molar-refractivity contribution >= 4 is 0 Å². The SMILES string of the molecule is C[C@]12C=C[C@H](C1)[C@H]1CCC[C@@H]2C1O. The summed E-state index contributed by atoms with van der Waals surface area (Å²) < 4.78 is 0. The quantitative estimate of drug-likeness (QED) is 0.565. The highest BCUT2D eigenvalue weighted by Crippen LogP contribution is 2.57. The van der Waals surface area contributed by atoms with E-state index in [1.165, 1.54) is 25.7 Å². The third-order valence-corrected chi connectivity index (χ3v) is 4.70. The minimum Gasteiger partial charge on any atom is -0.392 e. The summed E-state index contributed by atoms with van der Waals surface area (Å²) in [4.78, 5) is 0. The van der Waals surface area contributed by atoms with E-state index in [2.05, 4.69) is 19.1 Å². The van der Waals surface area contributed by atoms with Gasteiger partial charge in [-0.05, 0) is 42.4 Å². The topological polar surface area (TPSA) is 20.2 Å². The predicted molar refractivity (Wildman–Crippen MR) is 52.2 cm³/mol. The Morgan fingerprint density at radius 2 is 2.23 bits per heavy atom. The Kier molecular flexibility index (Phi) is 1.48. The normalized spacial score (nSPS) is 58.3. The van der Waals surface area contributed by atoms with Crippen LogP contribution in [0.15, 0.2) is 12.2 Å². The lowest BCUT2D eigenvalue weighted by atomic mass is 9.57. The molecule has 3 rings (SSSR count). The molecular weight excluding hydrogens is 160 g/mol. The van der Waals surface area contributed by atoms with Crippen LogP contribution in [0, 0.1) is 23.2 Å². The van der Waals surface area contributed by atoms with Gasteiger partial charge in [-0.2, -0.15) is 0 Å². The summed E-state index contributed by atoms with van der Waals surface area (Å²) in [5.41, 5.74) is 0.334. The monoisotopic (exact) mass is 178 g/mol. The van der Waals surface area contributed by atoms with Gasteiger partial charge < -0.3 is 5.11 Å². The third kappa shape index (κ3) is 0.914. The Morgan fingerprint density at radius 3 is 3.08 bits per heavy atom. The molecule has 0 aromatic rings. The van der Waals surface area contributed by atoms with Gasteiger partial charge in [-0.1, -0.05) is 25.5 Å². The first-order chi connectivity index (χ1) is 6.21. The molecule has 0 spiro atoms. The Balaban J connectivity index is 2.02. The molecular formula is C12H18O. The van der Waals surface area contributed by atoms with Crippen LogP contribution >= 0.6 is 0 Å². The van der Waals surface area contributed by atoms with Gasteiger partial charge in [0.2, 0.25) is 0 Å². The first-order valence-corrected chi connectivity index (χ1v) is 5.58. The van der Waals surface area contributed by atoms with Crippen molar-refractivity contribution in [3.05, 3.63) is 12.2 Å². The van der Waals surface area contributed by atoms with Crippen molar-refractivity contribution < 1.29 is 5.11 Å². The number of hydrogen-bond acceptors (Lipinski definition) is 1. The molecule has 0 aromatic heterocycles. The molecule has 0 radical (unpaired) electrons. The fourth-order valence-electron chi connectivity index (χ4n) is 3.96. The van der Waals surface area contributed by atoms with E-state index >= 15 is 0 Å². The highest BCUT2D eigenvalue weighted by Gasteiger charge is 2.52. The highest BCUT2D eigenvalue weighted by molar-refractivity contribution is 5.19. The number of fused-ring (bicyclic) bond motifs is 6. The summed E-state index contributed by atoms with van der Waals surface area (Å²) >= 11 is 0. The van der Waals surface area contributed by atoms with Gasteiger partial charge in [0, 0.05) is 0 Å². The zero-order chi connectivity index (χ0) is 9.05. The minimum absolute atomic E-state index is 0.00694. The number of hydrogen-bond donors (Lipinski definition) is 1. The van der Waals surface area contributed by atoms with Gasteiger partial charge in [0.15, 0.2) is 0 Å². The molecule has 72 valence electrons. The Bertz CT molecular complexity index is 258. The Morgan fingerprint density at radius 1 is 1.38 bits per heavy atom. The molecule has 3 aliphatic rings. The molecule has 13 heavy (non-hydrogen) atoms. The molecule has 0 amide bonds. The van der Waals surface area contributed by atoms with Gasteiger partial charge in [0.1, 0.15) is 0 Å². The predicted octanol–water partition coefficient (Wildman–Crippen LogP) is 2.36. The lowest BCUT2D eigenvalue weighted by Crippen LogP contribution is -2.48. The van der Waals surface area contributed by atoms with E-state index in [0.29, 0.717) is 23.2 Å². The first-order valence-electron chi connectivity index (χ1n) is 5.58. The Labute approximate surface area is 79.8 Å². The molecule has 2 saturated carbocycles. The van der Waals surface area contributed by atoms with Crippen molar-refractivity contribution in [2.45, 2.75) is 38.7 Å². The highest BCUT2D eigenvalue weighted by atomic mass is 16.3. The summed E-state index contributed by atoms with van der Waals surface area (Å²) in [5, 5.41) is 10.2. The van der Waals surface area contributed by atoms with E-state index in [0.717, 1.165) is 0 Å². The van der Waals surface area contributed by atoms with Crippen LogP contribution in [0.5, 0.6) is 0 Å². The van der Waals surface area contributed by atoms with Gasteiger partial charge in [0.25, 0.3) is 0 Å². The van der Waals surface area contributed by atoms with Crippen LogP contribution in [0.25, 0.3) is 0 Å². The third-order valence-electron chi connectivity index (χ3n) is 4.70. The molecule has 3 aliphatic carbocycles. The van der Waals surface area contributed by atoms with E-state index in [9.17, 15) is 5.11 Å². The second kappa shape index (κ2) is 2.38. The summed E-state index contributed by atoms with van der Waals surface area (Å²) in [6.45, 7) is 2.33. The summed E-state index contributed by atoms with van der Waals surface area (Å²) in [5.74, 6) is 1.84. The van der Waals surface area contributed by atoms with Gasteiger partial charge in [-0.3, -0.25) is 0 Å². The molecule has 5 atom stereocenters. The lowest BCUT2D eigenvalue weighted by Gasteiger charge is -2.49. The van der Waals surface area contributed by atoms with Gasteiger partial charge in [-0.15, -0.1) is 0 Å². The van der Waals surface area contributed by atoms with Crippen LogP contribution in [-0.2, 0) is 0 Å². The zero-order valence-corrected chi connectivity index (χ0v) is 8.24. The van der Waals surface area contributed by atoms with Crippen molar-refractivity contribution in [2.24, 2.45) is 23.2 Å². The van der Waals surface area contributed by atoms with E-state index < -0.39 is 0 Å². The fourth-order valence-corrected chi connectivity index (χ4v) is 3.96. The second-order valence-electron chi connectivity index (χ2n) is 5.42. The number of allylic oxidation sites excluding steroid dienone is 2. The fraction of sp³-hybridized carbons (Fsp3) is 0.833. The number of aliphatic hydroxyl groups excluding tert-OH is 1. The van der Waals surface area contributed by atoms with Crippen LogP contribution in [0.2, 0.25) is 0 Å². The lowest BCUT2D eigenvalue weighted by molar-refractivity contribution is -0.0759. The average molecular weight is 178 g/mol. The van der Waals surface area contributed by atoms with Crippen LogP contribution in [-0.4, -0.2) is 11.2 Å². The molecule has 1 heteroatoms. The second-order valence-corrected chi connectivity index (χ2v) is 5.42. The van der Waals surface area contributed by atoms with Crippen molar-refractivity contribution in [3.8, 4) is 0 Å². The molecule has 0 saturated heterocycles. The smallest absolute Gasteiger partial charge is 0.0610 e. The average Bonchev–Trinajstić information content (AvgIpc) is 2.45. The molecule has 0 aromatic carbocycles. The standard InChI is InChI=1S/C12H18O/c1-12-6-5-8(7-12)9-3-2-4-10(12)11(9)13/h5-6,8-11,13H,2-4,7H2,1H3/t8-,9-,10-,11?,12+/m1/s1. The van der Waals surface area contributed by atoms with Gasteiger partial charge >= 0.3 is 0 Å². The van der Waals surface area contributed by atoms with E-state index in [1.54, 1.807) is 0 Å². The summed E-state index contributed by atoms with van der Waals surface area (Å²) in [7, 11) is 0. The molecule has 0 aliphatic heterocycles. The molecule has 1 unspecified atom stereocenters. The molecule has 4 bridgehead atoms. The summed E-state index contributed by atoms with van der Waals surface area (Å²) in [6, 6.07) is 0.